The highest BCUT2D eigenvalue weighted by molar-refractivity contribution is 6.42. The molecule has 0 unspecified atom stereocenters. The van der Waals surface area contributed by atoms with Gasteiger partial charge < -0.3 is 34.7 Å². The molecule has 250 valence electrons. The van der Waals surface area contributed by atoms with Gasteiger partial charge >= 0.3 is 12.0 Å². The largest absolute Gasteiger partial charge is 0.490 e. The number of rotatable bonds is 13. The Hall–Kier alpha value is -4.97. The minimum atomic E-state index is -1.19. The third-order valence-electron chi connectivity index (χ3n) is 7.40. The van der Waals surface area contributed by atoms with Gasteiger partial charge in [0.25, 0.3) is 0 Å². The second kappa shape index (κ2) is 15.7. The Morgan fingerprint density at radius 3 is 2.56 bits per heavy atom. The number of aliphatic hydroxyl groups excluding tert-OH is 1. The van der Waals surface area contributed by atoms with Crippen LogP contribution in [0.2, 0.25) is 10.0 Å². The lowest BCUT2D eigenvalue weighted by molar-refractivity contribution is -0.136. The SMILES string of the molecule is CCOc1cc([C@@H]2NC(=O)NC(C)=C2C(=O)OC)ccc1OC[C@@H](O)N/N=C/c1c(OCc2ccc(Cl)c(Cl)c2)ccc2ccccc12. The number of ether oxygens (including phenoxy) is 4. The third kappa shape index (κ3) is 8.11. The van der Waals surface area contributed by atoms with Crippen LogP contribution in [-0.4, -0.2) is 49.9 Å². The fourth-order valence-electron chi connectivity index (χ4n) is 5.14. The molecular formula is C35H34Cl2N4O7. The van der Waals surface area contributed by atoms with Crippen molar-refractivity contribution in [2.45, 2.75) is 32.7 Å². The summed E-state index contributed by atoms with van der Waals surface area (Å²) in [7, 11) is 1.27. The molecular weight excluding hydrogens is 659 g/mol. The van der Waals surface area contributed by atoms with Crippen molar-refractivity contribution >= 4 is 52.2 Å². The van der Waals surface area contributed by atoms with Crippen molar-refractivity contribution in [2.75, 3.05) is 20.3 Å². The Kier molecular flexibility index (Phi) is 11.3. The number of carbonyl (C=O) groups is 2. The molecule has 5 rings (SSSR count). The Balaban J connectivity index is 1.28. The fraction of sp³-hybridized carbons (Fsp3) is 0.229. The topological polar surface area (TPSA) is 140 Å². The van der Waals surface area contributed by atoms with Crippen LogP contribution in [0.3, 0.4) is 0 Å². The van der Waals surface area contributed by atoms with Crippen LogP contribution in [0, 0.1) is 0 Å². The van der Waals surface area contributed by atoms with E-state index in [1.54, 1.807) is 43.5 Å². The zero-order chi connectivity index (χ0) is 34.2. The molecule has 1 aliphatic rings. The summed E-state index contributed by atoms with van der Waals surface area (Å²) in [5, 5.41) is 23.1. The lowest BCUT2D eigenvalue weighted by atomic mass is 9.95. The van der Waals surface area contributed by atoms with E-state index >= 15 is 0 Å². The molecule has 11 nitrogen and oxygen atoms in total. The van der Waals surface area contributed by atoms with E-state index in [-0.39, 0.29) is 18.8 Å². The number of amides is 2. The van der Waals surface area contributed by atoms with Gasteiger partial charge in [-0.1, -0.05) is 65.7 Å². The molecule has 2 amide bonds. The van der Waals surface area contributed by atoms with E-state index in [2.05, 4.69) is 21.2 Å². The molecule has 0 aromatic heterocycles. The summed E-state index contributed by atoms with van der Waals surface area (Å²) < 4.78 is 22.7. The van der Waals surface area contributed by atoms with Crippen LogP contribution < -0.4 is 30.3 Å². The minimum absolute atomic E-state index is 0.177. The molecule has 2 atom stereocenters. The molecule has 1 heterocycles. The summed E-state index contributed by atoms with van der Waals surface area (Å²) in [6.45, 7) is 3.84. The molecule has 48 heavy (non-hydrogen) atoms. The first-order valence-corrected chi connectivity index (χ1v) is 15.7. The van der Waals surface area contributed by atoms with E-state index in [4.69, 9.17) is 42.1 Å². The number of esters is 1. The summed E-state index contributed by atoms with van der Waals surface area (Å²) in [5.41, 5.74) is 5.48. The first-order valence-electron chi connectivity index (χ1n) is 15.0. The molecule has 4 N–H and O–H groups in total. The zero-order valence-corrected chi connectivity index (χ0v) is 27.9. The van der Waals surface area contributed by atoms with Crippen LogP contribution >= 0.6 is 23.2 Å². The summed E-state index contributed by atoms with van der Waals surface area (Å²) >= 11 is 12.2. The number of methoxy groups -OCH3 is 1. The predicted molar refractivity (Wildman–Crippen MR) is 184 cm³/mol. The van der Waals surface area contributed by atoms with Gasteiger partial charge in [-0.2, -0.15) is 5.10 Å². The summed E-state index contributed by atoms with van der Waals surface area (Å²) in [6.07, 6.45) is 0.392. The van der Waals surface area contributed by atoms with Gasteiger partial charge in [-0.15, -0.1) is 0 Å². The van der Waals surface area contributed by atoms with Crippen molar-refractivity contribution < 1.29 is 33.6 Å². The Morgan fingerprint density at radius 2 is 1.79 bits per heavy atom. The summed E-state index contributed by atoms with van der Waals surface area (Å²) in [5.74, 6) is 0.715. The molecule has 0 spiro atoms. The highest BCUT2D eigenvalue weighted by Crippen LogP contribution is 2.35. The molecule has 1 aliphatic heterocycles. The fourth-order valence-corrected chi connectivity index (χ4v) is 5.46. The van der Waals surface area contributed by atoms with Crippen molar-refractivity contribution in [1.29, 1.82) is 0 Å². The van der Waals surface area contributed by atoms with Gasteiger partial charge in [0.2, 0.25) is 0 Å². The number of fused-ring (bicyclic) bond motifs is 1. The Labute approximate surface area is 287 Å². The van der Waals surface area contributed by atoms with Gasteiger partial charge in [-0.3, -0.25) is 5.43 Å². The van der Waals surface area contributed by atoms with E-state index in [1.807, 2.05) is 49.4 Å². The van der Waals surface area contributed by atoms with Crippen LogP contribution in [-0.2, 0) is 16.1 Å². The molecule has 0 fully saturated rings. The number of nitrogens with zero attached hydrogens (tertiary/aromatic N) is 1. The Bertz CT molecular complexity index is 1880. The first-order chi connectivity index (χ1) is 23.2. The van der Waals surface area contributed by atoms with Gasteiger partial charge in [0.1, 0.15) is 19.0 Å². The second-order valence-corrected chi connectivity index (χ2v) is 11.5. The summed E-state index contributed by atoms with van der Waals surface area (Å²) in [4.78, 5) is 24.7. The minimum Gasteiger partial charge on any atom is -0.490 e. The number of aliphatic hydroxyl groups is 1. The molecule has 4 aromatic carbocycles. The number of hydrogen-bond donors (Lipinski definition) is 4. The standard InChI is InChI=1S/C35H34Cl2N4O7/c1-4-46-30-16-23(33-32(34(43)45-3)20(2)39-35(44)40-33)11-14-29(30)48-19-31(42)41-38-17-25-24-8-6-5-7-22(24)10-13-28(25)47-18-21-9-12-26(36)27(37)15-21/h5-17,31,33,41-42H,4,18-19H2,1-3H3,(H2,39,40,44)/b38-17+/t31-,33+/m1/s1. The number of nitrogens with one attached hydrogen (secondary N) is 3. The van der Waals surface area contributed by atoms with Crippen LogP contribution in [0.25, 0.3) is 10.8 Å². The normalized spacial score (nSPS) is 15.1. The second-order valence-electron chi connectivity index (χ2n) is 10.7. The number of carbonyl (C=O) groups excluding carboxylic acids is 2. The van der Waals surface area contributed by atoms with Gasteiger partial charge in [-0.25, -0.2) is 9.59 Å². The number of hydrazone groups is 1. The van der Waals surface area contributed by atoms with Crippen LogP contribution in [0.5, 0.6) is 17.2 Å². The number of benzene rings is 4. The van der Waals surface area contributed by atoms with E-state index in [9.17, 15) is 14.7 Å². The van der Waals surface area contributed by atoms with Gasteiger partial charge in [-0.05, 0) is 66.1 Å². The van der Waals surface area contributed by atoms with Crippen molar-refractivity contribution in [3.8, 4) is 17.2 Å². The molecule has 0 saturated heterocycles. The zero-order valence-electron chi connectivity index (χ0n) is 26.4. The van der Waals surface area contributed by atoms with Gasteiger partial charge in [0.05, 0.1) is 41.6 Å². The smallest absolute Gasteiger partial charge is 0.337 e. The molecule has 13 heteroatoms. The maximum absolute atomic E-state index is 12.5. The highest BCUT2D eigenvalue weighted by Gasteiger charge is 2.32. The van der Waals surface area contributed by atoms with Gasteiger partial charge in [0, 0.05) is 11.3 Å². The van der Waals surface area contributed by atoms with Crippen molar-refractivity contribution in [2.24, 2.45) is 5.10 Å². The monoisotopic (exact) mass is 692 g/mol. The number of hydrogen-bond acceptors (Lipinski definition) is 9. The van der Waals surface area contributed by atoms with Crippen LogP contribution in [0.4, 0.5) is 4.79 Å². The lowest BCUT2D eigenvalue weighted by Crippen LogP contribution is -2.45. The lowest BCUT2D eigenvalue weighted by Gasteiger charge is -2.28. The molecule has 0 saturated carbocycles. The van der Waals surface area contributed by atoms with Gasteiger partial charge in [0.15, 0.2) is 17.7 Å². The quantitative estimate of drug-likeness (QED) is 0.0559. The number of urea groups is 1. The van der Waals surface area contributed by atoms with E-state index in [0.717, 1.165) is 16.3 Å². The van der Waals surface area contributed by atoms with E-state index in [1.165, 1.54) is 7.11 Å². The maximum atomic E-state index is 12.5. The van der Waals surface area contributed by atoms with E-state index < -0.39 is 24.3 Å². The molecule has 0 bridgehead atoms. The van der Waals surface area contributed by atoms with Crippen molar-refractivity contribution in [3.05, 3.63) is 111 Å². The maximum Gasteiger partial charge on any atom is 0.337 e. The van der Waals surface area contributed by atoms with Crippen molar-refractivity contribution in [3.63, 3.8) is 0 Å². The number of allylic oxidation sites excluding steroid dienone is 1. The van der Waals surface area contributed by atoms with Crippen molar-refractivity contribution in [1.82, 2.24) is 16.1 Å². The van der Waals surface area contributed by atoms with Crippen LogP contribution in [0.15, 0.2) is 89.2 Å². The number of halogens is 2. The van der Waals surface area contributed by atoms with E-state index in [0.29, 0.717) is 50.7 Å². The predicted octanol–water partition coefficient (Wildman–Crippen LogP) is 6.25. The average molecular weight is 694 g/mol. The van der Waals surface area contributed by atoms with Crippen LogP contribution in [0.1, 0.15) is 36.6 Å². The summed E-state index contributed by atoms with van der Waals surface area (Å²) in [6, 6.07) is 20.7. The Morgan fingerprint density at radius 1 is 1.00 bits per heavy atom. The highest BCUT2D eigenvalue weighted by atomic mass is 35.5. The molecule has 4 aromatic rings. The first kappa shape index (κ1) is 34.4. The third-order valence-corrected chi connectivity index (χ3v) is 8.14. The molecule has 0 aliphatic carbocycles. The molecule has 0 radical (unpaired) electrons. The average Bonchev–Trinajstić information content (AvgIpc) is 3.08.